The molecule has 2 atom stereocenters. The van der Waals surface area contributed by atoms with E-state index in [-0.39, 0.29) is 5.54 Å². The first kappa shape index (κ1) is 13.5. The summed E-state index contributed by atoms with van der Waals surface area (Å²) >= 11 is 0. The molecule has 0 aliphatic carbocycles. The SMILES string of the molecule is CN1C2CCc3ccc(C(=O)O)cc3C1(C)c1ccccc12. The molecular formula is C19H19NO2. The minimum atomic E-state index is -0.860. The molecule has 2 bridgehead atoms. The molecule has 0 amide bonds. The quantitative estimate of drug-likeness (QED) is 0.873. The van der Waals surface area contributed by atoms with Crippen LogP contribution >= 0.6 is 0 Å². The van der Waals surface area contributed by atoms with Crippen molar-refractivity contribution in [3.63, 3.8) is 0 Å². The fourth-order valence-electron chi connectivity index (χ4n) is 4.30. The molecule has 0 saturated carbocycles. The number of aryl methyl sites for hydroxylation is 1. The van der Waals surface area contributed by atoms with Crippen LogP contribution in [0.4, 0.5) is 0 Å². The van der Waals surface area contributed by atoms with Gasteiger partial charge in [0.25, 0.3) is 0 Å². The van der Waals surface area contributed by atoms with E-state index in [9.17, 15) is 9.90 Å². The average Bonchev–Trinajstić information content (AvgIpc) is 2.67. The van der Waals surface area contributed by atoms with Gasteiger partial charge in [-0.1, -0.05) is 30.3 Å². The molecule has 1 N–H and O–H groups in total. The maximum absolute atomic E-state index is 11.4. The van der Waals surface area contributed by atoms with E-state index in [0.29, 0.717) is 11.6 Å². The van der Waals surface area contributed by atoms with Crippen molar-refractivity contribution in [1.82, 2.24) is 4.90 Å². The lowest BCUT2D eigenvalue weighted by molar-refractivity contribution is 0.0696. The van der Waals surface area contributed by atoms with E-state index in [2.05, 4.69) is 43.1 Å². The van der Waals surface area contributed by atoms with Gasteiger partial charge in [-0.2, -0.15) is 0 Å². The molecule has 2 unspecified atom stereocenters. The summed E-state index contributed by atoms with van der Waals surface area (Å²) < 4.78 is 0. The molecular weight excluding hydrogens is 274 g/mol. The van der Waals surface area contributed by atoms with Crippen LogP contribution < -0.4 is 0 Å². The third-order valence-corrected chi connectivity index (χ3v) is 5.59. The Kier molecular flexibility index (Phi) is 2.73. The van der Waals surface area contributed by atoms with E-state index in [1.165, 1.54) is 16.7 Å². The highest BCUT2D eigenvalue weighted by Gasteiger charge is 2.48. The molecule has 2 aliphatic rings. The molecule has 3 heteroatoms. The summed E-state index contributed by atoms with van der Waals surface area (Å²) in [5.41, 5.74) is 5.23. The zero-order chi connectivity index (χ0) is 15.5. The van der Waals surface area contributed by atoms with Gasteiger partial charge in [-0.15, -0.1) is 0 Å². The van der Waals surface area contributed by atoms with Gasteiger partial charge in [0.1, 0.15) is 0 Å². The predicted molar refractivity (Wildman–Crippen MR) is 85.1 cm³/mol. The van der Waals surface area contributed by atoms with Crippen molar-refractivity contribution in [2.45, 2.75) is 31.3 Å². The highest BCUT2D eigenvalue weighted by Crippen LogP contribution is 2.53. The van der Waals surface area contributed by atoms with Crippen molar-refractivity contribution in [2.24, 2.45) is 0 Å². The van der Waals surface area contributed by atoms with Gasteiger partial charge in [0.2, 0.25) is 0 Å². The highest BCUT2D eigenvalue weighted by molar-refractivity contribution is 5.88. The average molecular weight is 293 g/mol. The van der Waals surface area contributed by atoms with E-state index in [4.69, 9.17) is 0 Å². The molecule has 2 aromatic carbocycles. The summed E-state index contributed by atoms with van der Waals surface area (Å²) in [4.78, 5) is 13.8. The summed E-state index contributed by atoms with van der Waals surface area (Å²) in [6.07, 6.45) is 2.07. The van der Waals surface area contributed by atoms with Crippen LogP contribution in [0.25, 0.3) is 0 Å². The number of rotatable bonds is 1. The summed E-state index contributed by atoms with van der Waals surface area (Å²) in [5, 5.41) is 9.36. The van der Waals surface area contributed by atoms with Crippen LogP contribution in [0.2, 0.25) is 0 Å². The third-order valence-electron chi connectivity index (χ3n) is 5.59. The Morgan fingerprint density at radius 2 is 2.00 bits per heavy atom. The number of fused-ring (bicyclic) bond motifs is 7. The van der Waals surface area contributed by atoms with E-state index < -0.39 is 5.97 Å². The molecule has 0 saturated heterocycles. The summed E-state index contributed by atoms with van der Waals surface area (Å²) in [6, 6.07) is 14.6. The first-order valence-electron chi connectivity index (χ1n) is 7.72. The normalized spacial score (nSPS) is 26.2. The topological polar surface area (TPSA) is 40.5 Å². The fraction of sp³-hybridized carbons (Fsp3) is 0.316. The molecule has 3 nitrogen and oxygen atoms in total. The van der Waals surface area contributed by atoms with Crippen LogP contribution in [0.3, 0.4) is 0 Å². The van der Waals surface area contributed by atoms with E-state index >= 15 is 0 Å². The van der Waals surface area contributed by atoms with Gasteiger partial charge >= 0.3 is 5.97 Å². The van der Waals surface area contributed by atoms with Gasteiger partial charge in [-0.05, 0) is 61.2 Å². The highest BCUT2D eigenvalue weighted by atomic mass is 16.4. The van der Waals surface area contributed by atoms with Crippen LogP contribution in [-0.4, -0.2) is 23.0 Å². The monoisotopic (exact) mass is 293 g/mol. The Morgan fingerprint density at radius 3 is 2.77 bits per heavy atom. The lowest BCUT2D eigenvalue weighted by Crippen LogP contribution is -2.37. The standard InChI is InChI=1S/C19H19NO2/c1-19-15-6-4-3-5-14(15)17(20(19)2)10-9-12-7-8-13(18(21)22)11-16(12)19/h3-8,11,17H,9-10H2,1-2H3,(H,21,22). The zero-order valence-corrected chi connectivity index (χ0v) is 12.8. The molecule has 112 valence electrons. The van der Waals surface area contributed by atoms with Gasteiger partial charge in [0, 0.05) is 6.04 Å². The van der Waals surface area contributed by atoms with Crippen LogP contribution in [0.1, 0.15) is 52.0 Å². The second kappa shape index (κ2) is 4.43. The number of hydrogen-bond acceptors (Lipinski definition) is 2. The molecule has 2 aromatic rings. The number of carbonyl (C=O) groups is 1. The summed E-state index contributed by atoms with van der Waals surface area (Å²) in [7, 11) is 2.16. The molecule has 0 aromatic heterocycles. The van der Waals surface area contributed by atoms with Gasteiger partial charge in [-0.25, -0.2) is 4.79 Å². The third kappa shape index (κ3) is 1.57. The Morgan fingerprint density at radius 1 is 1.23 bits per heavy atom. The maximum atomic E-state index is 11.4. The van der Waals surface area contributed by atoms with Crippen LogP contribution in [0.5, 0.6) is 0 Å². The lowest BCUT2D eigenvalue weighted by Gasteiger charge is -2.36. The largest absolute Gasteiger partial charge is 0.478 e. The molecule has 2 aliphatic heterocycles. The van der Waals surface area contributed by atoms with Crippen molar-refractivity contribution in [3.8, 4) is 0 Å². The minimum Gasteiger partial charge on any atom is -0.478 e. The summed E-state index contributed by atoms with van der Waals surface area (Å²) in [5.74, 6) is -0.860. The van der Waals surface area contributed by atoms with E-state index in [1.54, 1.807) is 6.07 Å². The lowest BCUT2D eigenvalue weighted by atomic mass is 9.79. The fourth-order valence-corrected chi connectivity index (χ4v) is 4.30. The Balaban J connectivity index is 2.02. The molecule has 2 heterocycles. The molecule has 22 heavy (non-hydrogen) atoms. The van der Waals surface area contributed by atoms with Crippen LogP contribution in [0, 0.1) is 0 Å². The summed E-state index contributed by atoms with van der Waals surface area (Å²) in [6.45, 7) is 2.22. The molecule has 0 fully saturated rings. The van der Waals surface area contributed by atoms with E-state index in [0.717, 1.165) is 18.4 Å². The molecule has 4 rings (SSSR count). The zero-order valence-electron chi connectivity index (χ0n) is 12.8. The van der Waals surface area contributed by atoms with Crippen molar-refractivity contribution in [1.29, 1.82) is 0 Å². The van der Waals surface area contributed by atoms with Gasteiger partial charge < -0.3 is 5.11 Å². The van der Waals surface area contributed by atoms with Gasteiger partial charge in [-0.3, -0.25) is 4.90 Å². The van der Waals surface area contributed by atoms with Crippen molar-refractivity contribution in [3.05, 3.63) is 70.3 Å². The van der Waals surface area contributed by atoms with Gasteiger partial charge in [0.15, 0.2) is 0 Å². The van der Waals surface area contributed by atoms with Crippen LogP contribution in [-0.2, 0) is 12.0 Å². The Hall–Kier alpha value is -2.13. The molecule has 0 spiro atoms. The number of benzene rings is 2. The maximum Gasteiger partial charge on any atom is 0.335 e. The van der Waals surface area contributed by atoms with Gasteiger partial charge in [0.05, 0.1) is 11.1 Å². The second-order valence-corrected chi connectivity index (χ2v) is 6.50. The minimum absolute atomic E-state index is 0.251. The second-order valence-electron chi connectivity index (χ2n) is 6.50. The first-order valence-corrected chi connectivity index (χ1v) is 7.72. The van der Waals surface area contributed by atoms with Crippen molar-refractivity contribution < 1.29 is 9.90 Å². The predicted octanol–water partition coefficient (Wildman–Crippen LogP) is 3.58. The number of aromatic carboxylic acids is 1. The molecule has 0 radical (unpaired) electrons. The number of nitrogens with zero attached hydrogens (tertiary/aromatic N) is 1. The Bertz CT molecular complexity index is 783. The van der Waals surface area contributed by atoms with Crippen LogP contribution in [0.15, 0.2) is 42.5 Å². The number of carboxylic acid groups (broad SMARTS) is 1. The van der Waals surface area contributed by atoms with Crippen molar-refractivity contribution >= 4 is 5.97 Å². The van der Waals surface area contributed by atoms with Crippen molar-refractivity contribution in [2.75, 3.05) is 7.05 Å². The smallest absolute Gasteiger partial charge is 0.335 e. The Labute approximate surface area is 130 Å². The number of hydrogen-bond donors (Lipinski definition) is 1. The number of carboxylic acids is 1. The van der Waals surface area contributed by atoms with E-state index in [1.807, 2.05) is 12.1 Å². The first-order chi connectivity index (χ1) is 10.5.